The first kappa shape index (κ1) is 12.7. The molecule has 0 fully saturated rings. The van der Waals surface area contributed by atoms with E-state index in [1.165, 1.54) is 5.56 Å². The maximum Gasteiger partial charge on any atom is 0.222 e. The molecule has 4 nitrogen and oxygen atoms in total. The molecule has 0 saturated heterocycles. The molecule has 2 N–H and O–H groups in total. The van der Waals surface area contributed by atoms with Gasteiger partial charge in [-0.2, -0.15) is 0 Å². The first-order valence-corrected chi connectivity index (χ1v) is 6.61. The number of nitrogens with two attached hydrogens (primary N) is 1. The highest BCUT2D eigenvalue weighted by molar-refractivity contribution is 7.99. The van der Waals surface area contributed by atoms with Crippen molar-refractivity contribution in [2.75, 3.05) is 5.73 Å². The number of hydrogen-bond donors (Lipinski definition) is 1. The van der Waals surface area contributed by atoms with Crippen LogP contribution in [0.15, 0.2) is 48.1 Å². The van der Waals surface area contributed by atoms with Crippen LogP contribution in [0, 0.1) is 0 Å². The van der Waals surface area contributed by atoms with Crippen LogP contribution < -0.4 is 5.73 Å². The van der Waals surface area contributed by atoms with E-state index in [2.05, 4.69) is 35.8 Å². The zero-order valence-electron chi connectivity index (χ0n) is 10.3. The summed E-state index contributed by atoms with van der Waals surface area (Å²) >= 11 is 1.65. The minimum Gasteiger partial charge on any atom is -0.368 e. The predicted octanol–water partition coefficient (Wildman–Crippen LogP) is 2.90. The molecule has 0 aliphatic rings. The van der Waals surface area contributed by atoms with Crippen LogP contribution in [0.3, 0.4) is 0 Å². The van der Waals surface area contributed by atoms with Crippen molar-refractivity contribution in [3.63, 3.8) is 0 Å². The van der Waals surface area contributed by atoms with E-state index in [9.17, 15) is 0 Å². The Labute approximate surface area is 111 Å². The van der Waals surface area contributed by atoms with E-state index in [0.29, 0.717) is 17.7 Å². The Morgan fingerprint density at radius 2 is 2.11 bits per heavy atom. The molecule has 94 valence electrons. The lowest BCUT2D eigenvalue weighted by molar-refractivity contribution is 0.731. The van der Waals surface area contributed by atoms with Crippen molar-refractivity contribution in [1.82, 2.24) is 14.8 Å². The maximum atomic E-state index is 5.77. The molecule has 1 heterocycles. The summed E-state index contributed by atoms with van der Waals surface area (Å²) in [6, 6.07) is 10.3. The molecule has 2 rings (SSSR count). The number of aromatic nitrogens is 3. The summed E-state index contributed by atoms with van der Waals surface area (Å²) in [5, 5.41) is 9.13. The molecule has 0 amide bonds. The van der Waals surface area contributed by atoms with Crippen LogP contribution >= 0.6 is 11.8 Å². The van der Waals surface area contributed by atoms with Crippen molar-refractivity contribution in [1.29, 1.82) is 0 Å². The fraction of sp³-hybridized carbons (Fsp3) is 0.231. The normalized spacial score (nSPS) is 12.3. The number of rotatable bonds is 5. The molecule has 18 heavy (non-hydrogen) atoms. The second-order valence-electron chi connectivity index (χ2n) is 3.91. The van der Waals surface area contributed by atoms with Crippen LogP contribution in [0.2, 0.25) is 0 Å². The molecule has 0 unspecified atom stereocenters. The van der Waals surface area contributed by atoms with Gasteiger partial charge in [0.25, 0.3) is 0 Å². The number of nitrogen functional groups attached to an aromatic ring is 1. The average Bonchev–Trinajstić information content (AvgIpc) is 2.73. The van der Waals surface area contributed by atoms with Gasteiger partial charge in [0.05, 0.1) is 0 Å². The van der Waals surface area contributed by atoms with Gasteiger partial charge in [-0.3, -0.25) is 4.57 Å². The summed E-state index contributed by atoms with van der Waals surface area (Å²) in [5.41, 5.74) is 7.03. The Morgan fingerprint density at radius 3 is 2.78 bits per heavy atom. The molecule has 0 aliphatic heterocycles. The van der Waals surface area contributed by atoms with E-state index < -0.39 is 0 Å². The molecular formula is C13H16N4S. The highest BCUT2D eigenvalue weighted by Gasteiger charge is 2.14. The van der Waals surface area contributed by atoms with E-state index in [0.717, 1.165) is 5.16 Å². The smallest absolute Gasteiger partial charge is 0.222 e. The van der Waals surface area contributed by atoms with E-state index in [1.807, 2.05) is 22.8 Å². The van der Waals surface area contributed by atoms with Crippen LogP contribution in [-0.4, -0.2) is 14.8 Å². The summed E-state index contributed by atoms with van der Waals surface area (Å²) in [6.07, 6.45) is 1.79. The summed E-state index contributed by atoms with van der Waals surface area (Å²) in [6.45, 7) is 6.48. The minimum absolute atomic E-state index is 0.304. The maximum absolute atomic E-state index is 5.77. The molecule has 1 atom stereocenters. The van der Waals surface area contributed by atoms with E-state index >= 15 is 0 Å². The van der Waals surface area contributed by atoms with Gasteiger partial charge in [0.2, 0.25) is 5.95 Å². The molecule has 2 aromatic rings. The van der Waals surface area contributed by atoms with E-state index in [-0.39, 0.29) is 0 Å². The van der Waals surface area contributed by atoms with Crippen LogP contribution in [0.25, 0.3) is 0 Å². The summed E-state index contributed by atoms with van der Waals surface area (Å²) < 4.78 is 1.86. The highest BCUT2D eigenvalue weighted by Crippen LogP contribution is 2.34. The lowest BCUT2D eigenvalue weighted by Crippen LogP contribution is -2.03. The molecule has 5 heteroatoms. The van der Waals surface area contributed by atoms with Crippen LogP contribution in [-0.2, 0) is 6.54 Å². The van der Waals surface area contributed by atoms with Crippen molar-refractivity contribution in [3.8, 4) is 0 Å². The number of allylic oxidation sites excluding steroid dienone is 1. The summed E-state index contributed by atoms with van der Waals surface area (Å²) in [5.74, 6) is 0.428. The third kappa shape index (κ3) is 2.73. The third-order valence-electron chi connectivity index (χ3n) is 2.61. The minimum atomic E-state index is 0.304. The van der Waals surface area contributed by atoms with E-state index in [1.54, 1.807) is 17.8 Å². The molecule has 0 radical (unpaired) electrons. The third-order valence-corrected chi connectivity index (χ3v) is 3.75. The largest absolute Gasteiger partial charge is 0.368 e. The zero-order valence-corrected chi connectivity index (χ0v) is 11.1. The second kappa shape index (κ2) is 5.73. The first-order valence-electron chi connectivity index (χ1n) is 5.73. The van der Waals surface area contributed by atoms with Crippen molar-refractivity contribution >= 4 is 17.7 Å². The highest BCUT2D eigenvalue weighted by atomic mass is 32.2. The lowest BCUT2D eigenvalue weighted by atomic mass is 10.2. The lowest BCUT2D eigenvalue weighted by Gasteiger charge is -2.11. The number of hydrogen-bond acceptors (Lipinski definition) is 4. The van der Waals surface area contributed by atoms with Crippen molar-refractivity contribution in [3.05, 3.63) is 48.6 Å². The molecule has 0 saturated carbocycles. The SMILES string of the molecule is C=CCn1c(N)nnc1S[C@@H](C)c1ccccc1. The first-order chi connectivity index (χ1) is 8.72. The number of thioether (sulfide) groups is 1. The number of benzene rings is 1. The topological polar surface area (TPSA) is 56.7 Å². The van der Waals surface area contributed by atoms with Gasteiger partial charge in [-0.25, -0.2) is 0 Å². The van der Waals surface area contributed by atoms with Crippen molar-refractivity contribution in [2.24, 2.45) is 0 Å². The molecule has 0 aliphatic carbocycles. The van der Waals surface area contributed by atoms with Gasteiger partial charge in [0.1, 0.15) is 0 Å². The molecule has 0 spiro atoms. The Balaban J connectivity index is 2.16. The predicted molar refractivity (Wildman–Crippen MR) is 75.3 cm³/mol. The summed E-state index contributed by atoms with van der Waals surface area (Å²) in [4.78, 5) is 0. The molecule has 0 bridgehead atoms. The average molecular weight is 260 g/mol. The molecule has 1 aromatic heterocycles. The monoisotopic (exact) mass is 260 g/mol. The van der Waals surface area contributed by atoms with E-state index in [4.69, 9.17) is 5.73 Å². The second-order valence-corrected chi connectivity index (χ2v) is 5.22. The van der Waals surface area contributed by atoms with Crippen molar-refractivity contribution < 1.29 is 0 Å². The van der Waals surface area contributed by atoms with Gasteiger partial charge in [0, 0.05) is 11.8 Å². The fourth-order valence-electron chi connectivity index (χ4n) is 1.64. The number of nitrogens with zero attached hydrogens (tertiary/aromatic N) is 3. The van der Waals surface area contributed by atoms with Gasteiger partial charge in [-0.15, -0.1) is 16.8 Å². The number of anilines is 1. The van der Waals surface area contributed by atoms with Crippen LogP contribution in [0.4, 0.5) is 5.95 Å². The van der Waals surface area contributed by atoms with Crippen molar-refractivity contribution in [2.45, 2.75) is 23.9 Å². The Hall–Kier alpha value is -1.75. The standard InChI is InChI=1S/C13H16N4S/c1-3-9-17-12(14)15-16-13(17)18-10(2)11-7-5-4-6-8-11/h3-8,10H,1,9H2,2H3,(H2,14,15)/t10-/m0/s1. The van der Waals surface area contributed by atoms with Gasteiger partial charge in [-0.1, -0.05) is 48.2 Å². The molecular weight excluding hydrogens is 244 g/mol. The van der Waals surface area contributed by atoms with Gasteiger partial charge >= 0.3 is 0 Å². The summed E-state index contributed by atoms with van der Waals surface area (Å²) in [7, 11) is 0. The Bertz CT molecular complexity index is 521. The Morgan fingerprint density at radius 1 is 1.39 bits per heavy atom. The van der Waals surface area contributed by atoms with Crippen LogP contribution in [0.5, 0.6) is 0 Å². The fourth-order valence-corrected chi connectivity index (χ4v) is 2.63. The van der Waals surface area contributed by atoms with Gasteiger partial charge in [0.15, 0.2) is 5.16 Å². The van der Waals surface area contributed by atoms with Crippen LogP contribution in [0.1, 0.15) is 17.7 Å². The van der Waals surface area contributed by atoms with Gasteiger partial charge in [-0.05, 0) is 12.5 Å². The zero-order chi connectivity index (χ0) is 13.0. The van der Waals surface area contributed by atoms with Gasteiger partial charge < -0.3 is 5.73 Å². The molecule has 1 aromatic carbocycles. The Kier molecular flexibility index (Phi) is 4.04. The quantitative estimate of drug-likeness (QED) is 0.663.